The summed E-state index contributed by atoms with van der Waals surface area (Å²) in [6, 6.07) is 14.6. The first-order valence-corrected chi connectivity index (χ1v) is 9.21. The predicted octanol–water partition coefficient (Wildman–Crippen LogP) is 4.54. The summed E-state index contributed by atoms with van der Waals surface area (Å²) in [5, 5.41) is 0. The summed E-state index contributed by atoms with van der Waals surface area (Å²) in [4.78, 5) is 25.8. The number of hydrogen-bond acceptors (Lipinski definition) is 3. The van der Waals surface area contributed by atoms with Crippen molar-refractivity contribution in [2.75, 3.05) is 11.4 Å². The van der Waals surface area contributed by atoms with Crippen LogP contribution in [0.4, 0.5) is 5.69 Å². The molecule has 134 valence electrons. The maximum Gasteiger partial charge on any atom is 0.159 e. The summed E-state index contributed by atoms with van der Waals surface area (Å²) in [5.41, 5.74) is 7.82. The summed E-state index contributed by atoms with van der Waals surface area (Å²) in [5.74, 6) is 2.03. The molecule has 2 aliphatic rings. The van der Waals surface area contributed by atoms with Gasteiger partial charge in [0.25, 0.3) is 0 Å². The zero-order valence-electron chi connectivity index (χ0n) is 15.7. The van der Waals surface area contributed by atoms with Crippen molar-refractivity contribution in [1.29, 1.82) is 0 Å². The number of allylic oxidation sites excluding steroid dienone is 2. The van der Waals surface area contributed by atoms with Gasteiger partial charge < -0.3 is 4.90 Å². The summed E-state index contributed by atoms with van der Waals surface area (Å²) in [6.45, 7) is 6.48. The molecule has 0 amide bonds. The lowest BCUT2D eigenvalue weighted by molar-refractivity contribution is -0.113. The molecule has 1 aliphatic heterocycles. The molecule has 0 radical (unpaired) electrons. The Morgan fingerprint density at radius 3 is 2.56 bits per heavy atom. The lowest BCUT2D eigenvalue weighted by Crippen LogP contribution is -2.34. The number of rotatable bonds is 3. The number of carbonyl (C=O) groups is 1. The summed E-state index contributed by atoms with van der Waals surface area (Å²) in [6.07, 6.45) is 3.62. The van der Waals surface area contributed by atoms with Gasteiger partial charge in [-0.3, -0.25) is 4.79 Å². The molecule has 0 aromatic heterocycles. The van der Waals surface area contributed by atoms with Gasteiger partial charge in [-0.25, -0.2) is 4.79 Å². The molecule has 1 heterocycles. The van der Waals surface area contributed by atoms with Crippen LogP contribution in [-0.2, 0) is 9.59 Å². The first kappa shape index (κ1) is 17.3. The van der Waals surface area contributed by atoms with Crippen molar-refractivity contribution in [3.63, 3.8) is 0 Å². The van der Waals surface area contributed by atoms with Crippen LogP contribution in [0, 0.1) is 6.92 Å². The molecule has 0 bridgehead atoms. The maximum atomic E-state index is 12.0. The number of Topliss-reactive ketones (excluding diaryl/α,β-unsaturated/α-hetero) is 1. The third-order valence-corrected chi connectivity index (χ3v) is 5.46. The van der Waals surface area contributed by atoms with Gasteiger partial charge >= 0.3 is 0 Å². The molecular formula is C24H21NO2. The van der Waals surface area contributed by atoms with E-state index in [0.29, 0.717) is 11.1 Å². The Bertz CT molecular complexity index is 1070. The van der Waals surface area contributed by atoms with Gasteiger partial charge in [-0.1, -0.05) is 30.3 Å². The Morgan fingerprint density at radius 1 is 1.11 bits per heavy atom. The minimum absolute atomic E-state index is 0.0414. The summed E-state index contributed by atoms with van der Waals surface area (Å²) in [7, 11) is 0. The number of ketones is 1. The van der Waals surface area contributed by atoms with Crippen molar-refractivity contribution in [2.45, 2.75) is 26.8 Å². The van der Waals surface area contributed by atoms with Crippen molar-refractivity contribution >= 4 is 23.0 Å². The van der Waals surface area contributed by atoms with Gasteiger partial charge in [-0.05, 0) is 67.3 Å². The van der Waals surface area contributed by atoms with E-state index in [-0.39, 0.29) is 11.8 Å². The smallest absolute Gasteiger partial charge is 0.159 e. The molecule has 3 nitrogen and oxygen atoms in total. The highest BCUT2D eigenvalue weighted by Crippen LogP contribution is 2.46. The molecule has 0 saturated carbocycles. The molecule has 4 rings (SSSR count). The normalized spacial score (nSPS) is 17.7. The monoisotopic (exact) mass is 355 g/mol. The second-order valence-corrected chi connectivity index (χ2v) is 7.05. The average molecular weight is 355 g/mol. The van der Waals surface area contributed by atoms with Crippen molar-refractivity contribution < 1.29 is 9.59 Å². The fraction of sp³-hybridized carbons (Fsp3) is 0.208. The van der Waals surface area contributed by atoms with Crippen molar-refractivity contribution in [3.8, 4) is 11.1 Å². The molecule has 0 fully saturated rings. The van der Waals surface area contributed by atoms with Gasteiger partial charge in [0.2, 0.25) is 0 Å². The van der Waals surface area contributed by atoms with Crippen LogP contribution in [0.3, 0.4) is 0 Å². The van der Waals surface area contributed by atoms with Crippen molar-refractivity contribution in [1.82, 2.24) is 0 Å². The van der Waals surface area contributed by atoms with Crippen LogP contribution in [-0.4, -0.2) is 24.3 Å². The van der Waals surface area contributed by atoms with Crippen molar-refractivity contribution in [3.05, 3.63) is 76.9 Å². The van der Waals surface area contributed by atoms with Crippen LogP contribution in [0.2, 0.25) is 0 Å². The molecule has 27 heavy (non-hydrogen) atoms. The van der Waals surface area contributed by atoms with Gasteiger partial charge in [0.05, 0.1) is 11.6 Å². The van der Waals surface area contributed by atoms with Crippen LogP contribution in [0.5, 0.6) is 0 Å². The Labute approximate surface area is 159 Å². The number of carbonyl (C=O) groups excluding carboxylic acids is 2. The number of aryl methyl sites for hydroxylation is 1. The highest BCUT2D eigenvalue weighted by molar-refractivity contribution is 6.05. The van der Waals surface area contributed by atoms with E-state index in [1.807, 2.05) is 18.2 Å². The van der Waals surface area contributed by atoms with E-state index < -0.39 is 0 Å². The van der Waals surface area contributed by atoms with Gasteiger partial charge in [-0.2, -0.15) is 0 Å². The van der Waals surface area contributed by atoms with Crippen LogP contribution in [0.25, 0.3) is 16.7 Å². The van der Waals surface area contributed by atoms with Crippen molar-refractivity contribution in [2.24, 2.45) is 0 Å². The van der Waals surface area contributed by atoms with Crippen LogP contribution < -0.4 is 4.90 Å². The molecule has 2 aromatic carbocycles. The van der Waals surface area contributed by atoms with Gasteiger partial charge in [0.15, 0.2) is 5.78 Å². The fourth-order valence-corrected chi connectivity index (χ4v) is 4.13. The third-order valence-electron chi connectivity index (χ3n) is 5.46. The quantitative estimate of drug-likeness (QED) is 0.759. The highest BCUT2D eigenvalue weighted by Gasteiger charge is 2.38. The molecule has 1 aliphatic carbocycles. The molecule has 1 atom stereocenters. The molecule has 0 N–H and O–H groups in total. The first-order valence-electron chi connectivity index (χ1n) is 9.21. The van der Waals surface area contributed by atoms with E-state index in [1.54, 1.807) is 6.08 Å². The number of likely N-dealkylation sites (N-methyl/N-ethyl adjacent to an activating group) is 1. The third kappa shape index (κ3) is 2.68. The number of hydrogen-bond donors (Lipinski definition) is 0. The van der Waals surface area contributed by atoms with E-state index in [0.717, 1.165) is 28.9 Å². The summed E-state index contributed by atoms with van der Waals surface area (Å²) >= 11 is 0. The fourth-order valence-electron chi connectivity index (χ4n) is 4.13. The van der Waals surface area contributed by atoms with Crippen LogP contribution in [0.15, 0.2) is 65.8 Å². The molecule has 3 heteroatoms. The van der Waals surface area contributed by atoms with Crippen LogP contribution >= 0.6 is 0 Å². The van der Waals surface area contributed by atoms with Gasteiger partial charge in [-0.15, -0.1) is 0 Å². The average Bonchev–Trinajstić information content (AvgIpc) is 3.00. The Hall–Kier alpha value is -3.16. The van der Waals surface area contributed by atoms with E-state index in [9.17, 15) is 9.59 Å². The second kappa shape index (κ2) is 6.53. The van der Waals surface area contributed by atoms with E-state index in [4.69, 9.17) is 0 Å². The number of anilines is 1. The molecule has 1 unspecified atom stereocenters. The number of fused-ring (bicyclic) bond motifs is 3. The topological polar surface area (TPSA) is 37.4 Å². The SMILES string of the molecule is CCN1c2ccc(-c3ccccc3C)cc2C2=CC(C(C)=O)=CC(=C=O)C21. The lowest BCUT2D eigenvalue weighted by atomic mass is 9.87. The van der Waals surface area contributed by atoms with E-state index in [1.165, 1.54) is 18.1 Å². The Balaban J connectivity index is 1.93. The zero-order valence-corrected chi connectivity index (χ0v) is 15.7. The van der Waals surface area contributed by atoms with E-state index >= 15 is 0 Å². The number of nitrogens with zero attached hydrogens (tertiary/aromatic N) is 1. The first-order chi connectivity index (χ1) is 13.0. The standard InChI is InChI=1S/C24H21NO2/c1-4-25-23-10-9-17(20-8-6-5-7-15(20)2)12-21(23)22-13-18(16(3)27)11-19(14-26)24(22)25/h5-13,24H,4H2,1-3H3. The zero-order chi connectivity index (χ0) is 19.1. The van der Waals surface area contributed by atoms with Gasteiger partial charge in [0.1, 0.15) is 5.94 Å². The highest BCUT2D eigenvalue weighted by atomic mass is 16.1. The Kier molecular flexibility index (Phi) is 4.18. The maximum absolute atomic E-state index is 12.0. The predicted molar refractivity (Wildman–Crippen MR) is 109 cm³/mol. The van der Waals surface area contributed by atoms with E-state index in [2.05, 4.69) is 55.0 Å². The Morgan fingerprint density at radius 2 is 1.89 bits per heavy atom. The largest absolute Gasteiger partial charge is 0.359 e. The molecule has 0 saturated heterocycles. The number of benzene rings is 2. The van der Waals surface area contributed by atoms with Crippen LogP contribution in [0.1, 0.15) is 25.0 Å². The molecule has 2 aromatic rings. The molecule has 0 spiro atoms. The summed E-state index contributed by atoms with van der Waals surface area (Å²) < 4.78 is 0. The minimum atomic E-state index is -0.169. The lowest BCUT2D eigenvalue weighted by Gasteiger charge is -2.28. The molecular weight excluding hydrogens is 334 g/mol. The van der Waals surface area contributed by atoms with Gasteiger partial charge in [0, 0.05) is 23.4 Å². The minimum Gasteiger partial charge on any atom is -0.359 e. The second-order valence-electron chi connectivity index (χ2n) is 7.05.